The molecule has 0 spiro atoms. The van der Waals surface area contributed by atoms with E-state index in [4.69, 9.17) is 5.73 Å². The number of hydrogen-bond donors (Lipinski definition) is 3. The van der Waals surface area contributed by atoms with Crippen molar-refractivity contribution in [1.29, 1.82) is 5.26 Å². The van der Waals surface area contributed by atoms with Crippen molar-refractivity contribution in [2.75, 3.05) is 13.1 Å². The lowest BCUT2D eigenvalue weighted by Crippen LogP contribution is -2.56. The molecule has 0 aliphatic carbocycles. The minimum atomic E-state index is -0.700. The van der Waals surface area contributed by atoms with Crippen LogP contribution in [-0.2, 0) is 19.2 Å². The maximum absolute atomic E-state index is 13.9. The summed E-state index contributed by atoms with van der Waals surface area (Å²) in [4.78, 5) is 54.2. The molecule has 4 unspecified atom stereocenters. The van der Waals surface area contributed by atoms with Crippen LogP contribution in [0.4, 0.5) is 0 Å². The molecule has 198 valence electrons. The molecule has 4 N–H and O–H groups in total. The van der Waals surface area contributed by atoms with Gasteiger partial charge in [0.25, 0.3) is 6.71 Å². The van der Waals surface area contributed by atoms with Crippen molar-refractivity contribution >= 4 is 30.3 Å². The number of allylic oxidation sites excluding steroid dienone is 1. The van der Waals surface area contributed by atoms with Gasteiger partial charge in [-0.25, -0.2) is 5.26 Å². The summed E-state index contributed by atoms with van der Waals surface area (Å²) < 4.78 is 0. The Bertz CT molecular complexity index is 888. The third-order valence-electron chi connectivity index (χ3n) is 7.13. The Kier molecular flexibility index (Phi) is 10.8. The second-order valence-electron chi connectivity index (χ2n) is 10.5. The summed E-state index contributed by atoms with van der Waals surface area (Å²) in [6, 6.07) is -1.99. The van der Waals surface area contributed by atoms with Crippen LogP contribution in [0.5, 0.6) is 0 Å². The molecule has 36 heavy (non-hydrogen) atoms. The highest BCUT2D eigenvalue weighted by Gasteiger charge is 2.46. The molecule has 10 nitrogen and oxygen atoms in total. The Balaban J connectivity index is 2.21. The van der Waals surface area contributed by atoms with E-state index in [0.717, 1.165) is 12.7 Å². The summed E-state index contributed by atoms with van der Waals surface area (Å²) in [7, 11) is 0. The zero-order valence-corrected chi connectivity index (χ0v) is 22.1. The van der Waals surface area contributed by atoms with Crippen molar-refractivity contribution in [2.24, 2.45) is 5.73 Å². The quantitative estimate of drug-likeness (QED) is 0.256. The SMILES string of the molecule is C=C(C)NC1CC(C)N(C(CCCCB(C#N)C(C)C)C(=O)N2CCCC2C(=O)NCC(N)=O)C1=O. The van der Waals surface area contributed by atoms with Crippen molar-refractivity contribution < 1.29 is 19.2 Å². The van der Waals surface area contributed by atoms with Gasteiger partial charge < -0.3 is 26.2 Å². The maximum atomic E-state index is 13.9. The molecule has 0 aromatic rings. The summed E-state index contributed by atoms with van der Waals surface area (Å²) in [5.41, 5.74) is 5.84. The van der Waals surface area contributed by atoms with Crippen LogP contribution >= 0.6 is 0 Å². The highest BCUT2D eigenvalue weighted by molar-refractivity contribution is 6.68. The van der Waals surface area contributed by atoms with Gasteiger partial charge in [-0.1, -0.05) is 45.4 Å². The van der Waals surface area contributed by atoms with E-state index in [1.807, 2.05) is 20.8 Å². The first kappa shape index (κ1) is 29.2. The molecule has 0 bridgehead atoms. The summed E-state index contributed by atoms with van der Waals surface area (Å²) >= 11 is 0. The van der Waals surface area contributed by atoms with Crippen LogP contribution in [0.3, 0.4) is 0 Å². The normalized spacial score (nSPS) is 22.3. The lowest BCUT2D eigenvalue weighted by molar-refractivity contribution is -0.148. The van der Waals surface area contributed by atoms with Crippen LogP contribution in [0.2, 0.25) is 12.1 Å². The van der Waals surface area contributed by atoms with E-state index in [2.05, 4.69) is 23.2 Å². The first-order chi connectivity index (χ1) is 17.0. The fourth-order valence-electron chi connectivity index (χ4n) is 5.25. The van der Waals surface area contributed by atoms with Crippen LogP contribution in [0.1, 0.15) is 66.2 Å². The van der Waals surface area contributed by atoms with Crippen molar-refractivity contribution in [3.8, 4) is 5.97 Å². The average molecular weight is 500 g/mol. The third-order valence-corrected chi connectivity index (χ3v) is 7.13. The van der Waals surface area contributed by atoms with Crippen molar-refractivity contribution in [2.45, 2.75) is 103 Å². The number of nitrogens with one attached hydrogen (secondary N) is 2. The molecule has 0 aromatic heterocycles. The monoisotopic (exact) mass is 500 g/mol. The number of nitrogens with two attached hydrogens (primary N) is 1. The Morgan fingerprint density at radius 1 is 1.31 bits per heavy atom. The average Bonchev–Trinajstić information content (AvgIpc) is 3.39. The minimum Gasteiger partial charge on any atom is -0.378 e. The van der Waals surface area contributed by atoms with Gasteiger partial charge in [0, 0.05) is 24.3 Å². The van der Waals surface area contributed by atoms with Gasteiger partial charge in [0.15, 0.2) is 0 Å². The molecular formula is C25H41BN6O4. The number of amides is 4. The standard InChI is InChI=1S/C25H41BN6O4/c1-16(2)26(15-27)11-7-6-9-21(32-18(5)13-19(24(32)35)30-17(3)4)25(36)31-12-8-10-20(31)23(34)29-14-22(28)33/h16,18-21,30H,3,6-14H2,1-2,4-5H3,(H2,28,33)(H,29,34). The van der Waals surface area contributed by atoms with E-state index in [-0.39, 0.29) is 36.9 Å². The van der Waals surface area contributed by atoms with Gasteiger partial charge in [-0.05, 0) is 39.5 Å². The van der Waals surface area contributed by atoms with E-state index in [1.165, 1.54) is 0 Å². The fourth-order valence-corrected chi connectivity index (χ4v) is 5.25. The van der Waals surface area contributed by atoms with Gasteiger partial charge in [-0.2, -0.15) is 0 Å². The topological polar surface area (TPSA) is 149 Å². The molecule has 0 aromatic carbocycles. The fraction of sp³-hybridized carbons (Fsp3) is 0.720. The van der Waals surface area contributed by atoms with E-state index in [9.17, 15) is 24.4 Å². The molecule has 4 atom stereocenters. The number of likely N-dealkylation sites (tertiary alicyclic amines) is 2. The van der Waals surface area contributed by atoms with Crippen LogP contribution in [0.15, 0.2) is 12.3 Å². The number of nitriles is 1. The van der Waals surface area contributed by atoms with Crippen molar-refractivity contribution in [1.82, 2.24) is 20.4 Å². The van der Waals surface area contributed by atoms with Crippen LogP contribution in [0.25, 0.3) is 0 Å². The number of carbonyl (C=O) groups excluding carboxylic acids is 4. The summed E-state index contributed by atoms with van der Waals surface area (Å²) in [6.07, 6.45) is 4.36. The number of unbranched alkanes of at least 4 members (excludes halogenated alkanes) is 1. The molecule has 11 heteroatoms. The van der Waals surface area contributed by atoms with Gasteiger partial charge >= 0.3 is 0 Å². The van der Waals surface area contributed by atoms with E-state index < -0.39 is 29.9 Å². The lowest BCUT2D eigenvalue weighted by Gasteiger charge is -2.35. The smallest absolute Gasteiger partial charge is 0.270 e. The Hall–Kier alpha value is -3.03. The van der Waals surface area contributed by atoms with Crippen molar-refractivity contribution in [3.05, 3.63) is 12.3 Å². The second-order valence-corrected chi connectivity index (χ2v) is 10.5. The van der Waals surface area contributed by atoms with Crippen LogP contribution < -0.4 is 16.4 Å². The van der Waals surface area contributed by atoms with E-state index in [1.54, 1.807) is 16.7 Å². The van der Waals surface area contributed by atoms with Gasteiger partial charge in [-0.3, -0.25) is 19.2 Å². The largest absolute Gasteiger partial charge is 0.378 e. The van der Waals surface area contributed by atoms with Crippen LogP contribution in [-0.4, -0.2) is 77.4 Å². The molecule has 4 amide bonds. The molecule has 0 saturated carbocycles. The lowest BCUT2D eigenvalue weighted by atomic mass is 9.41. The molecule has 2 heterocycles. The molecule has 2 aliphatic heterocycles. The molecule has 0 radical (unpaired) electrons. The summed E-state index contributed by atoms with van der Waals surface area (Å²) in [5.74, 6) is 1.16. The van der Waals surface area contributed by atoms with Gasteiger partial charge in [0.1, 0.15) is 18.1 Å². The Morgan fingerprint density at radius 2 is 2.00 bits per heavy atom. The highest BCUT2D eigenvalue weighted by Crippen LogP contribution is 2.29. The molecular weight excluding hydrogens is 459 g/mol. The molecule has 2 fully saturated rings. The number of carbonyl (C=O) groups is 4. The van der Waals surface area contributed by atoms with E-state index in [0.29, 0.717) is 44.3 Å². The third kappa shape index (κ3) is 7.49. The Labute approximate surface area is 215 Å². The summed E-state index contributed by atoms with van der Waals surface area (Å²) in [6.45, 7) is 11.7. The van der Waals surface area contributed by atoms with Crippen molar-refractivity contribution in [3.63, 3.8) is 0 Å². The first-order valence-electron chi connectivity index (χ1n) is 13.0. The predicted molar refractivity (Wildman–Crippen MR) is 139 cm³/mol. The number of hydrogen-bond acceptors (Lipinski definition) is 6. The second kappa shape index (κ2) is 13.3. The number of nitrogens with zero attached hydrogens (tertiary/aromatic N) is 3. The molecule has 2 saturated heterocycles. The maximum Gasteiger partial charge on any atom is 0.270 e. The van der Waals surface area contributed by atoms with Gasteiger partial charge in [0.2, 0.25) is 23.6 Å². The van der Waals surface area contributed by atoms with Crippen LogP contribution in [0, 0.1) is 11.2 Å². The number of rotatable bonds is 13. The zero-order chi connectivity index (χ0) is 27.0. The number of primary amides is 1. The first-order valence-corrected chi connectivity index (χ1v) is 13.0. The summed E-state index contributed by atoms with van der Waals surface area (Å²) in [5, 5.41) is 15.0. The molecule has 2 aliphatic rings. The minimum absolute atomic E-state index is 0.0486. The predicted octanol–water partition coefficient (Wildman–Crippen LogP) is 1.20. The molecule has 2 rings (SSSR count). The highest BCUT2D eigenvalue weighted by atomic mass is 16.2. The van der Waals surface area contributed by atoms with Gasteiger partial charge in [0.05, 0.1) is 6.54 Å². The zero-order valence-electron chi connectivity index (χ0n) is 22.1. The van der Waals surface area contributed by atoms with E-state index >= 15 is 0 Å². The van der Waals surface area contributed by atoms with Gasteiger partial charge in [-0.15, -0.1) is 0 Å². The Morgan fingerprint density at radius 3 is 2.58 bits per heavy atom.